The average molecular weight is 481 g/mol. The first-order valence-electron chi connectivity index (χ1n) is 10.6. The molecule has 1 aliphatic heterocycles. The van der Waals surface area contributed by atoms with E-state index in [1.807, 2.05) is 12.1 Å². The number of halogens is 2. The molecule has 0 unspecified atom stereocenters. The fourth-order valence-electron chi connectivity index (χ4n) is 3.65. The molecule has 0 aliphatic carbocycles. The van der Waals surface area contributed by atoms with Crippen LogP contribution in [-0.4, -0.2) is 47.0 Å². The van der Waals surface area contributed by atoms with Crippen LogP contribution >= 0.6 is 11.6 Å². The standard InChI is InChI=1S/C23H22ClFN8O/c1-2-16-12-34-4-3-33(16)22-8-21(29-13-30-22)32-20-7-19(15(10-27)11-28-20)31-23-17(24)5-14(9-26)6-18(23)25/h5-8,10-11,13,16,27H,2-4,12H2,1H3,(H2,28,29,30,31,32)/t16-/m1/s1. The maximum absolute atomic E-state index is 14.5. The second kappa shape index (κ2) is 10.4. The van der Waals surface area contributed by atoms with E-state index >= 15 is 0 Å². The number of anilines is 5. The Bertz CT molecular complexity index is 1220. The van der Waals surface area contributed by atoms with E-state index in [1.165, 1.54) is 18.6 Å². The van der Waals surface area contributed by atoms with Crippen molar-refractivity contribution in [2.75, 3.05) is 35.3 Å². The predicted molar refractivity (Wildman–Crippen MR) is 129 cm³/mol. The second-order valence-electron chi connectivity index (χ2n) is 7.57. The SMILES string of the molecule is CC[C@@H]1COCCN1c1cc(Nc2cc(Nc3c(F)cc(C#N)cc3Cl)c(C=N)cn2)ncn1. The Kier molecular flexibility index (Phi) is 7.15. The minimum atomic E-state index is -0.678. The molecule has 3 N–H and O–H groups in total. The van der Waals surface area contributed by atoms with Crippen molar-refractivity contribution in [3.63, 3.8) is 0 Å². The Morgan fingerprint density at radius 3 is 2.82 bits per heavy atom. The van der Waals surface area contributed by atoms with Crippen LogP contribution in [0.4, 0.5) is 33.2 Å². The lowest BCUT2D eigenvalue weighted by Gasteiger charge is -2.36. The molecule has 11 heteroatoms. The summed E-state index contributed by atoms with van der Waals surface area (Å²) in [6, 6.07) is 8.03. The number of nitriles is 1. The first-order chi connectivity index (χ1) is 16.5. The van der Waals surface area contributed by atoms with E-state index < -0.39 is 5.82 Å². The highest BCUT2D eigenvalue weighted by molar-refractivity contribution is 6.33. The molecule has 1 saturated heterocycles. The Labute approximate surface area is 201 Å². The van der Waals surface area contributed by atoms with Crippen LogP contribution < -0.4 is 15.5 Å². The van der Waals surface area contributed by atoms with E-state index in [2.05, 4.69) is 37.4 Å². The fourth-order valence-corrected chi connectivity index (χ4v) is 3.90. The predicted octanol–water partition coefficient (Wildman–Crippen LogP) is 4.64. The van der Waals surface area contributed by atoms with E-state index in [4.69, 9.17) is 27.0 Å². The molecule has 0 radical (unpaired) electrons. The van der Waals surface area contributed by atoms with Gasteiger partial charge in [0.1, 0.15) is 29.6 Å². The van der Waals surface area contributed by atoms with Gasteiger partial charge in [-0.3, -0.25) is 0 Å². The Morgan fingerprint density at radius 2 is 2.09 bits per heavy atom. The highest BCUT2D eigenvalue weighted by Crippen LogP contribution is 2.32. The molecule has 9 nitrogen and oxygen atoms in total. The molecule has 1 fully saturated rings. The summed E-state index contributed by atoms with van der Waals surface area (Å²) in [5.41, 5.74) is 0.949. The van der Waals surface area contributed by atoms with Crippen LogP contribution in [0.15, 0.2) is 36.8 Å². The molecular weight excluding hydrogens is 459 g/mol. The minimum absolute atomic E-state index is 0.00293. The quantitative estimate of drug-likeness (QED) is 0.418. The molecule has 2 aromatic heterocycles. The largest absolute Gasteiger partial charge is 0.377 e. The number of aromatic nitrogens is 3. The van der Waals surface area contributed by atoms with E-state index in [0.717, 1.165) is 31.1 Å². The lowest BCUT2D eigenvalue weighted by atomic mass is 10.2. The molecular formula is C23H22ClFN8O. The van der Waals surface area contributed by atoms with Gasteiger partial charge in [-0.15, -0.1) is 0 Å². The zero-order valence-corrected chi connectivity index (χ0v) is 19.1. The van der Waals surface area contributed by atoms with Gasteiger partial charge in [-0.25, -0.2) is 19.3 Å². The molecule has 1 atom stereocenters. The van der Waals surface area contributed by atoms with Crippen LogP contribution in [0.3, 0.4) is 0 Å². The van der Waals surface area contributed by atoms with Crippen molar-refractivity contribution in [3.05, 3.63) is 58.8 Å². The van der Waals surface area contributed by atoms with E-state index in [0.29, 0.717) is 36.1 Å². The Hall–Kier alpha value is -3.81. The normalized spacial score (nSPS) is 15.5. The summed E-state index contributed by atoms with van der Waals surface area (Å²) in [7, 11) is 0. The number of morpholine rings is 1. The van der Waals surface area contributed by atoms with Gasteiger partial charge >= 0.3 is 0 Å². The summed E-state index contributed by atoms with van der Waals surface area (Å²) >= 11 is 6.17. The van der Waals surface area contributed by atoms with Gasteiger partial charge in [-0.1, -0.05) is 18.5 Å². The van der Waals surface area contributed by atoms with Crippen molar-refractivity contribution in [2.45, 2.75) is 19.4 Å². The first-order valence-corrected chi connectivity index (χ1v) is 11.0. The van der Waals surface area contributed by atoms with Gasteiger partial charge in [0.15, 0.2) is 0 Å². The number of nitrogens with zero attached hydrogens (tertiary/aromatic N) is 5. The molecule has 3 aromatic rings. The lowest BCUT2D eigenvalue weighted by molar-refractivity contribution is 0.0925. The zero-order valence-electron chi connectivity index (χ0n) is 18.3. The van der Waals surface area contributed by atoms with Gasteiger partial charge in [0.25, 0.3) is 0 Å². The summed E-state index contributed by atoms with van der Waals surface area (Å²) < 4.78 is 20.1. The summed E-state index contributed by atoms with van der Waals surface area (Å²) in [6.45, 7) is 4.14. The fraction of sp³-hybridized carbons (Fsp3) is 0.261. The smallest absolute Gasteiger partial charge is 0.149 e. The number of nitrogens with one attached hydrogen (secondary N) is 3. The van der Waals surface area contributed by atoms with Crippen LogP contribution in [0, 0.1) is 22.6 Å². The topological polar surface area (TPSA) is 123 Å². The third-order valence-electron chi connectivity index (χ3n) is 5.42. The van der Waals surface area contributed by atoms with Gasteiger partial charge in [0, 0.05) is 36.7 Å². The monoisotopic (exact) mass is 480 g/mol. The maximum Gasteiger partial charge on any atom is 0.149 e. The number of rotatable bonds is 7. The summed E-state index contributed by atoms with van der Waals surface area (Å²) in [4.78, 5) is 15.2. The van der Waals surface area contributed by atoms with Crippen molar-refractivity contribution < 1.29 is 9.13 Å². The van der Waals surface area contributed by atoms with E-state index in [9.17, 15) is 4.39 Å². The van der Waals surface area contributed by atoms with E-state index in [-0.39, 0.29) is 22.3 Å². The first kappa shape index (κ1) is 23.4. The molecule has 0 saturated carbocycles. The highest BCUT2D eigenvalue weighted by Gasteiger charge is 2.23. The second-order valence-corrected chi connectivity index (χ2v) is 7.98. The van der Waals surface area contributed by atoms with Crippen LogP contribution in [0.1, 0.15) is 24.5 Å². The van der Waals surface area contributed by atoms with Gasteiger partial charge in [-0.2, -0.15) is 5.26 Å². The summed E-state index contributed by atoms with van der Waals surface area (Å²) in [6.07, 6.45) is 4.99. The minimum Gasteiger partial charge on any atom is -0.377 e. The number of pyridine rings is 1. The molecule has 4 rings (SSSR count). The zero-order chi connectivity index (χ0) is 24.1. The van der Waals surface area contributed by atoms with Crippen LogP contribution in [-0.2, 0) is 4.74 Å². The molecule has 3 heterocycles. The van der Waals surface area contributed by atoms with Gasteiger partial charge in [-0.05, 0) is 18.6 Å². The number of hydrogen-bond acceptors (Lipinski definition) is 9. The lowest BCUT2D eigenvalue weighted by Crippen LogP contribution is -2.45. The summed E-state index contributed by atoms with van der Waals surface area (Å²) in [5, 5.41) is 22.8. The molecule has 34 heavy (non-hydrogen) atoms. The third-order valence-corrected chi connectivity index (χ3v) is 5.72. The third kappa shape index (κ3) is 5.06. The van der Waals surface area contributed by atoms with Crippen molar-refractivity contribution in [1.82, 2.24) is 15.0 Å². The molecule has 0 bridgehead atoms. The van der Waals surface area contributed by atoms with Crippen LogP contribution in [0.25, 0.3) is 0 Å². The van der Waals surface area contributed by atoms with Crippen molar-refractivity contribution in [1.29, 1.82) is 10.7 Å². The molecule has 0 amide bonds. The maximum atomic E-state index is 14.5. The van der Waals surface area contributed by atoms with E-state index in [1.54, 1.807) is 6.07 Å². The number of ether oxygens (including phenoxy) is 1. The van der Waals surface area contributed by atoms with Gasteiger partial charge < -0.3 is 25.7 Å². The molecule has 1 aromatic carbocycles. The molecule has 174 valence electrons. The number of benzene rings is 1. The number of hydrogen-bond donors (Lipinski definition) is 3. The van der Waals surface area contributed by atoms with Crippen molar-refractivity contribution in [3.8, 4) is 6.07 Å². The van der Waals surface area contributed by atoms with Gasteiger partial charge in [0.05, 0.1) is 47.3 Å². The van der Waals surface area contributed by atoms with Crippen LogP contribution in [0.2, 0.25) is 5.02 Å². The molecule has 0 spiro atoms. The average Bonchev–Trinajstić information content (AvgIpc) is 2.86. The Morgan fingerprint density at radius 1 is 1.26 bits per heavy atom. The highest BCUT2D eigenvalue weighted by atomic mass is 35.5. The van der Waals surface area contributed by atoms with Crippen molar-refractivity contribution >= 4 is 46.6 Å². The van der Waals surface area contributed by atoms with Crippen LogP contribution in [0.5, 0.6) is 0 Å². The Balaban J connectivity index is 1.60. The summed E-state index contributed by atoms with van der Waals surface area (Å²) in [5.74, 6) is 1.07. The molecule has 1 aliphatic rings. The van der Waals surface area contributed by atoms with Gasteiger partial charge in [0.2, 0.25) is 0 Å². The van der Waals surface area contributed by atoms with Crippen molar-refractivity contribution in [2.24, 2.45) is 0 Å².